The van der Waals surface area contributed by atoms with Gasteiger partial charge in [-0.15, -0.1) is 36.2 Å². The summed E-state index contributed by atoms with van der Waals surface area (Å²) in [5.74, 6) is 0. The van der Waals surface area contributed by atoms with Crippen LogP contribution in [-0.2, 0) is 12.0 Å². The van der Waals surface area contributed by atoms with E-state index in [2.05, 4.69) is 43.4 Å². The second-order valence-electron chi connectivity index (χ2n) is 6.22. The van der Waals surface area contributed by atoms with Crippen molar-refractivity contribution in [2.45, 2.75) is 51.6 Å². The number of nitrogens with zero attached hydrogens (tertiary/aromatic N) is 2. The van der Waals surface area contributed by atoms with Crippen LogP contribution in [0.4, 0.5) is 0 Å². The van der Waals surface area contributed by atoms with Crippen molar-refractivity contribution in [3.8, 4) is 0 Å². The average Bonchev–Trinajstić information content (AvgIpc) is 2.78. The number of hydrogen-bond donors (Lipinski definition) is 1. The number of thiazole rings is 1. The molecule has 0 spiro atoms. The first kappa shape index (κ1) is 20.1. The second-order valence-corrected chi connectivity index (χ2v) is 7.16. The van der Waals surface area contributed by atoms with E-state index < -0.39 is 0 Å². The van der Waals surface area contributed by atoms with Gasteiger partial charge < -0.3 is 5.32 Å². The third-order valence-electron chi connectivity index (χ3n) is 3.67. The number of rotatable bonds is 3. The van der Waals surface area contributed by atoms with Crippen molar-refractivity contribution in [3.05, 3.63) is 16.1 Å². The maximum absolute atomic E-state index is 4.78. The van der Waals surface area contributed by atoms with Gasteiger partial charge in [-0.25, -0.2) is 4.98 Å². The van der Waals surface area contributed by atoms with E-state index in [0.29, 0.717) is 6.04 Å². The van der Waals surface area contributed by atoms with Gasteiger partial charge in [0.2, 0.25) is 0 Å². The summed E-state index contributed by atoms with van der Waals surface area (Å²) in [6.07, 6.45) is 2.52. The molecule has 1 saturated heterocycles. The minimum Gasteiger partial charge on any atom is -0.317 e. The highest BCUT2D eigenvalue weighted by Crippen LogP contribution is 2.25. The zero-order valence-corrected chi connectivity index (χ0v) is 15.3. The van der Waals surface area contributed by atoms with Crippen LogP contribution in [0.25, 0.3) is 0 Å². The molecule has 1 aromatic rings. The molecule has 0 radical (unpaired) electrons. The van der Waals surface area contributed by atoms with Crippen molar-refractivity contribution >= 4 is 36.2 Å². The van der Waals surface area contributed by atoms with Gasteiger partial charge in [0.15, 0.2) is 0 Å². The number of piperidine rings is 1. The predicted octanol–water partition coefficient (Wildman–Crippen LogP) is 3.47. The van der Waals surface area contributed by atoms with Gasteiger partial charge in [0.05, 0.1) is 12.2 Å². The monoisotopic (exact) mass is 339 g/mol. The molecular weight excluding hydrogens is 313 g/mol. The first-order valence-corrected chi connectivity index (χ1v) is 7.71. The molecule has 2 heterocycles. The van der Waals surface area contributed by atoms with Crippen LogP contribution in [0, 0.1) is 0 Å². The molecule has 1 fully saturated rings. The zero-order valence-electron chi connectivity index (χ0n) is 12.8. The lowest BCUT2D eigenvalue weighted by Gasteiger charge is -2.31. The van der Waals surface area contributed by atoms with Crippen LogP contribution in [0.2, 0.25) is 0 Å². The Kier molecular flexibility index (Phi) is 8.60. The molecule has 0 aromatic carbocycles. The second kappa shape index (κ2) is 8.54. The van der Waals surface area contributed by atoms with Crippen LogP contribution in [0.3, 0.4) is 0 Å². The molecule has 0 unspecified atom stereocenters. The highest BCUT2D eigenvalue weighted by atomic mass is 35.5. The van der Waals surface area contributed by atoms with E-state index in [1.165, 1.54) is 36.6 Å². The molecule has 3 nitrogen and oxygen atoms in total. The smallest absolute Gasteiger partial charge is 0.107 e. The maximum atomic E-state index is 4.78. The Bertz CT molecular complexity index is 382. The van der Waals surface area contributed by atoms with Crippen molar-refractivity contribution in [3.63, 3.8) is 0 Å². The topological polar surface area (TPSA) is 28.2 Å². The average molecular weight is 340 g/mol. The van der Waals surface area contributed by atoms with E-state index in [1.54, 1.807) is 0 Å². The van der Waals surface area contributed by atoms with Crippen molar-refractivity contribution in [1.29, 1.82) is 0 Å². The van der Waals surface area contributed by atoms with Gasteiger partial charge >= 0.3 is 0 Å². The Balaban J connectivity index is 0.00000180. The summed E-state index contributed by atoms with van der Waals surface area (Å²) in [5.41, 5.74) is 1.40. The molecule has 0 aliphatic carbocycles. The molecule has 1 aliphatic rings. The van der Waals surface area contributed by atoms with E-state index in [0.717, 1.165) is 6.54 Å². The minimum atomic E-state index is 0. The van der Waals surface area contributed by atoms with Gasteiger partial charge in [0.25, 0.3) is 0 Å². The van der Waals surface area contributed by atoms with Crippen LogP contribution in [0.1, 0.15) is 44.3 Å². The van der Waals surface area contributed by atoms with Crippen LogP contribution in [0.15, 0.2) is 5.38 Å². The molecule has 0 amide bonds. The molecule has 0 bridgehead atoms. The molecule has 1 aromatic heterocycles. The molecule has 118 valence electrons. The number of aromatic nitrogens is 1. The fraction of sp³-hybridized carbons (Fsp3) is 0.786. The normalized spacial score (nSPS) is 17.4. The van der Waals surface area contributed by atoms with E-state index in [-0.39, 0.29) is 30.2 Å². The lowest BCUT2D eigenvalue weighted by atomic mass is 9.93. The van der Waals surface area contributed by atoms with Crippen molar-refractivity contribution in [1.82, 2.24) is 15.2 Å². The zero-order chi connectivity index (χ0) is 13.2. The Labute approximate surface area is 139 Å². The summed E-state index contributed by atoms with van der Waals surface area (Å²) in [6, 6.07) is 0.711. The van der Waals surface area contributed by atoms with Crippen LogP contribution >= 0.6 is 36.2 Å². The third-order valence-corrected chi connectivity index (χ3v) is 4.51. The molecule has 0 saturated carbocycles. The number of halogens is 2. The number of hydrogen-bond acceptors (Lipinski definition) is 4. The highest BCUT2D eigenvalue weighted by Gasteiger charge is 2.21. The van der Waals surface area contributed by atoms with Gasteiger partial charge in [0.1, 0.15) is 5.01 Å². The molecule has 20 heavy (non-hydrogen) atoms. The van der Waals surface area contributed by atoms with Crippen LogP contribution < -0.4 is 5.32 Å². The Hall–Kier alpha value is 0.130. The van der Waals surface area contributed by atoms with Crippen molar-refractivity contribution in [2.75, 3.05) is 20.1 Å². The third kappa shape index (κ3) is 5.49. The van der Waals surface area contributed by atoms with Gasteiger partial charge in [-0.3, -0.25) is 4.90 Å². The van der Waals surface area contributed by atoms with E-state index in [1.807, 2.05) is 11.3 Å². The van der Waals surface area contributed by atoms with Crippen LogP contribution in [0.5, 0.6) is 0 Å². The Morgan fingerprint density at radius 3 is 2.35 bits per heavy atom. The summed E-state index contributed by atoms with van der Waals surface area (Å²) < 4.78 is 0. The molecule has 1 aliphatic heterocycles. The summed E-state index contributed by atoms with van der Waals surface area (Å²) in [5, 5.41) is 6.86. The van der Waals surface area contributed by atoms with Crippen molar-refractivity contribution in [2.24, 2.45) is 0 Å². The molecule has 2 rings (SSSR count). The molecule has 1 N–H and O–H groups in total. The van der Waals surface area contributed by atoms with Gasteiger partial charge in [0, 0.05) is 29.9 Å². The van der Waals surface area contributed by atoms with Gasteiger partial charge in [-0.1, -0.05) is 20.8 Å². The van der Waals surface area contributed by atoms with Gasteiger partial charge in [-0.2, -0.15) is 0 Å². The van der Waals surface area contributed by atoms with E-state index >= 15 is 0 Å². The number of likely N-dealkylation sites (tertiary alicyclic amines) is 1. The van der Waals surface area contributed by atoms with E-state index in [4.69, 9.17) is 4.98 Å². The summed E-state index contributed by atoms with van der Waals surface area (Å²) >= 11 is 1.81. The maximum Gasteiger partial charge on any atom is 0.107 e. The first-order chi connectivity index (χ1) is 8.49. The summed E-state index contributed by atoms with van der Waals surface area (Å²) in [7, 11) is 2.07. The van der Waals surface area contributed by atoms with Gasteiger partial charge in [-0.05, 0) is 19.9 Å². The molecule has 6 heteroatoms. The lowest BCUT2D eigenvalue weighted by Crippen LogP contribution is -2.40. The standard InChI is InChI=1S/C14H25N3S.2ClH/c1-14(2,3)12-10-18-13(16-12)9-17-7-5-11(15-4)6-8-17;;/h10-11,15H,5-9H2,1-4H3;2*1H. The minimum absolute atomic E-state index is 0. The molecule has 0 atom stereocenters. The summed E-state index contributed by atoms with van der Waals surface area (Å²) in [6.45, 7) is 10.1. The SMILES string of the molecule is CNC1CCN(Cc2nc(C(C)(C)C)cs2)CC1.Cl.Cl. The fourth-order valence-electron chi connectivity index (χ4n) is 2.30. The van der Waals surface area contributed by atoms with Crippen LogP contribution in [-0.4, -0.2) is 36.1 Å². The highest BCUT2D eigenvalue weighted by molar-refractivity contribution is 7.09. The fourth-order valence-corrected chi connectivity index (χ4v) is 3.36. The van der Waals surface area contributed by atoms with Crippen molar-refractivity contribution < 1.29 is 0 Å². The first-order valence-electron chi connectivity index (χ1n) is 6.83. The largest absolute Gasteiger partial charge is 0.317 e. The predicted molar refractivity (Wildman–Crippen MR) is 92.7 cm³/mol. The Morgan fingerprint density at radius 1 is 1.30 bits per heavy atom. The molecular formula is C14H27Cl2N3S. The Morgan fingerprint density at radius 2 is 1.90 bits per heavy atom. The number of nitrogens with one attached hydrogen (secondary N) is 1. The van der Waals surface area contributed by atoms with E-state index in [9.17, 15) is 0 Å². The quantitative estimate of drug-likeness (QED) is 0.913. The summed E-state index contributed by atoms with van der Waals surface area (Å²) in [4.78, 5) is 7.30. The lowest BCUT2D eigenvalue weighted by molar-refractivity contribution is 0.194.